The van der Waals surface area contributed by atoms with E-state index in [-0.39, 0.29) is 24.2 Å². The fourth-order valence-electron chi connectivity index (χ4n) is 2.52. The molecule has 0 N–H and O–H groups in total. The number of rotatable bonds is 0. The van der Waals surface area contributed by atoms with E-state index in [1.807, 2.05) is 36.4 Å². The van der Waals surface area contributed by atoms with Crippen molar-refractivity contribution in [2.24, 2.45) is 0 Å². The summed E-state index contributed by atoms with van der Waals surface area (Å²) in [6.07, 6.45) is 0. The van der Waals surface area contributed by atoms with Crippen LogP contribution in [0.25, 0.3) is 32.3 Å². The van der Waals surface area contributed by atoms with Crippen molar-refractivity contribution in [1.82, 2.24) is 0 Å². The molecule has 0 heterocycles. The summed E-state index contributed by atoms with van der Waals surface area (Å²) in [5, 5.41) is 5.16. The number of benzene rings is 4. The molecule has 0 atom stereocenters. The minimum absolute atomic E-state index is 0.0253. The lowest BCUT2D eigenvalue weighted by molar-refractivity contribution is 1.77. The lowest BCUT2D eigenvalue weighted by Crippen LogP contribution is -1.80. The van der Waals surface area contributed by atoms with Gasteiger partial charge in [-0.2, -0.15) is 0 Å². The Morgan fingerprint density at radius 1 is 0.611 bits per heavy atom. The van der Waals surface area contributed by atoms with Gasteiger partial charge in [0, 0.05) is 0 Å². The zero-order valence-electron chi connectivity index (χ0n) is 13.6. The molecule has 0 spiro atoms. The Kier molecular flexibility index (Phi) is 1.30. The molecule has 0 nitrogen and oxygen atoms in total. The van der Waals surface area contributed by atoms with Gasteiger partial charge in [-0.15, -0.1) is 0 Å². The van der Waals surface area contributed by atoms with Gasteiger partial charge < -0.3 is 0 Å². The Bertz CT molecular complexity index is 1070. The van der Waals surface area contributed by atoms with Crippen molar-refractivity contribution < 1.29 is 5.48 Å². The molecule has 0 aromatic heterocycles. The van der Waals surface area contributed by atoms with Crippen LogP contribution in [-0.2, 0) is 0 Å². The van der Waals surface area contributed by atoms with Crippen molar-refractivity contribution in [2.75, 3.05) is 0 Å². The van der Waals surface area contributed by atoms with E-state index in [2.05, 4.69) is 0 Å². The highest BCUT2D eigenvalue weighted by molar-refractivity contribution is 6.20. The second-order valence-electron chi connectivity index (χ2n) is 4.37. The molecule has 0 aliphatic heterocycles. The molecule has 18 heavy (non-hydrogen) atoms. The maximum atomic E-state index is 8.20. The zero-order chi connectivity index (χ0) is 15.4. The van der Waals surface area contributed by atoms with Crippen LogP contribution in [0.3, 0.4) is 0 Å². The van der Waals surface area contributed by atoms with Crippen molar-refractivity contribution in [3.63, 3.8) is 0 Å². The molecule has 0 unspecified atom stereocenters. The second kappa shape index (κ2) is 3.58. The van der Waals surface area contributed by atoms with Gasteiger partial charge in [0.2, 0.25) is 0 Å². The van der Waals surface area contributed by atoms with Crippen molar-refractivity contribution in [3.8, 4) is 0 Å². The highest BCUT2D eigenvalue weighted by atomic mass is 14.1. The maximum Gasteiger partial charge on any atom is 0.0629 e. The number of hydrogen-bond acceptors (Lipinski definition) is 0. The van der Waals surface area contributed by atoms with Gasteiger partial charge in [-0.05, 0) is 32.3 Å². The van der Waals surface area contributed by atoms with Gasteiger partial charge in [0.1, 0.15) is 0 Å². The molecule has 0 radical (unpaired) electrons. The fourth-order valence-corrected chi connectivity index (χ4v) is 2.52. The predicted octanol–water partition coefficient (Wildman–Crippen LogP) is 5.15. The maximum absolute atomic E-state index is 8.20. The molecule has 4 aromatic carbocycles. The van der Waals surface area contributed by atoms with E-state index >= 15 is 0 Å². The summed E-state index contributed by atoms with van der Waals surface area (Å²) in [5.41, 5.74) is 0. The topological polar surface area (TPSA) is 0 Å². The first-order valence-corrected chi connectivity index (χ1v) is 5.89. The number of fused-ring (bicyclic) bond motifs is 5. The third kappa shape index (κ3) is 1.26. The van der Waals surface area contributed by atoms with E-state index in [1.165, 1.54) is 0 Å². The molecule has 0 saturated heterocycles. The van der Waals surface area contributed by atoms with Gasteiger partial charge in [-0.1, -0.05) is 72.7 Å². The van der Waals surface area contributed by atoms with Crippen LogP contribution in [-0.4, -0.2) is 0 Å². The van der Waals surface area contributed by atoms with Gasteiger partial charge >= 0.3 is 0 Å². The summed E-state index contributed by atoms with van der Waals surface area (Å²) in [5.74, 6) is 0. The molecule has 4 rings (SSSR count). The molecule has 0 fully saturated rings. The summed E-state index contributed by atoms with van der Waals surface area (Å²) >= 11 is 0. The van der Waals surface area contributed by atoms with Crippen molar-refractivity contribution in [2.45, 2.75) is 0 Å². The Balaban J connectivity index is 2.39. The fraction of sp³-hybridized carbons (Fsp3) is 0. The average molecular weight is 232 g/mol. The second-order valence-corrected chi connectivity index (χ2v) is 4.37. The average Bonchev–Trinajstić information content (AvgIpc) is 2.52. The van der Waals surface area contributed by atoms with Crippen LogP contribution in [0.2, 0.25) is 0 Å². The lowest BCUT2D eigenvalue weighted by Gasteiger charge is -2.07. The van der Waals surface area contributed by atoms with Crippen molar-refractivity contribution in [3.05, 3.63) is 72.7 Å². The van der Waals surface area contributed by atoms with Crippen LogP contribution in [0.15, 0.2) is 72.7 Å². The molecule has 0 saturated carbocycles. The summed E-state index contributed by atoms with van der Waals surface area (Å²) < 4.78 is 32.1. The highest BCUT2D eigenvalue weighted by Gasteiger charge is 2.03. The summed E-state index contributed by atoms with van der Waals surface area (Å²) in [6, 6.07) is 15.4. The molecule has 84 valence electrons. The molecule has 0 aliphatic rings. The van der Waals surface area contributed by atoms with Crippen LogP contribution >= 0.6 is 0 Å². The van der Waals surface area contributed by atoms with Crippen LogP contribution < -0.4 is 0 Å². The van der Waals surface area contributed by atoms with E-state index < -0.39 is 0 Å². The van der Waals surface area contributed by atoms with Crippen molar-refractivity contribution >= 4 is 32.3 Å². The minimum atomic E-state index is -0.124. The van der Waals surface area contributed by atoms with Gasteiger partial charge in [0.05, 0.1) is 5.48 Å². The molecule has 4 aromatic rings. The molecule has 0 amide bonds. The lowest BCUT2D eigenvalue weighted by atomic mass is 9.97. The third-order valence-electron chi connectivity index (χ3n) is 3.35. The van der Waals surface area contributed by atoms with Gasteiger partial charge in [-0.3, -0.25) is 0 Å². The molecule has 0 heteroatoms. The minimum Gasteiger partial charge on any atom is -0.0616 e. The van der Waals surface area contributed by atoms with E-state index in [9.17, 15) is 0 Å². The van der Waals surface area contributed by atoms with E-state index in [1.54, 1.807) is 12.1 Å². The van der Waals surface area contributed by atoms with Crippen LogP contribution in [0.5, 0.6) is 0 Å². The molecular formula is C18H12. The zero-order valence-corrected chi connectivity index (χ0v) is 9.62. The highest BCUT2D eigenvalue weighted by Crippen LogP contribution is 2.31. The first kappa shape index (κ1) is 6.55. The third-order valence-corrected chi connectivity index (χ3v) is 3.35. The van der Waals surface area contributed by atoms with Gasteiger partial charge in [0.25, 0.3) is 0 Å². The summed E-state index contributed by atoms with van der Waals surface area (Å²) in [6.45, 7) is 0. The van der Waals surface area contributed by atoms with Gasteiger partial charge in [0.15, 0.2) is 0 Å². The first-order valence-electron chi connectivity index (χ1n) is 7.89. The summed E-state index contributed by atoms with van der Waals surface area (Å²) in [7, 11) is 0. The molecular weight excluding hydrogens is 216 g/mol. The van der Waals surface area contributed by atoms with Crippen LogP contribution in [0, 0.1) is 0 Å². The molecule has 0 aliphatic carbocycles. The van der Waals surface area contributed by atoms with Crippen molar-refractivity contribution in [1.29, 1.82) is 0 Å². The normalized spacial score (nSPS) is 14.4. The Labute approximate surface area is 111 Å². The largest absolute Gasteiger partial charge is 0.0629 e. The Morgan fingerprint density at radius 2 is 1.44 bits per heavy atom. The number of hydrogen-bond donors (Lipinski definition) is 0. The first-order chi connectivity index (χ1) is 10.6. The van der Waals surface area contributed by atoms with E-state index in [0.717, 1.165) is 21.5 Å². The van der Waals surface area contributed by atoms with Gasteiger partial charge in [-0.25, -0.2) is 0 Å². The summed E-state index contributed by atoms with van der Waals surface area (Å²) in [4.78, 5) is 0. The molecule has 0 bridgehead atoms. The Hall–Kier alpha value is -2.34. The standard InChI is InChI=1S/C18H12/c1-3-7-16-13(5-1)9-11-15-12-10-14-6-2-4-8-17(14)18(15)16/h1-12H/i1D,3D,5D,9D. The van der Waals surface area contributed by atoms with Crippen LogP contribution in [0.4, 0.5) is 0 Å². The van der Waals surface area contributed by atoms with E-state index in [4.69, 9.17) is 5.48 Å². The monoisotopic (exact) mass is 232 g/mol. The quantitative estimate of drug-likeness (QED) is 0.368. The SMILES string of the molecule is [2H]c1cc2c(c([2H])cc3ccc4ccccc4c32)c([2H])c1[2H]. The predicted molar refractivity (Wildman–Crippen MR) is 79.0 cm³/mol. The smallest absolute Gasteiger partial charge is 0.0616 e. The van der Waals surface area contributed by atoms with E-state index in [0.29, 0.717) is 10.8 Å². The van der Waals surface area contributed by atoms with Crippen LogP contribution in [0.1, 0.15) is 5.48 Å². The Morgan fingerprint density at radius 3 is 2.44 bits per heavy atom.